The second-order valence-corrected chi connectivity index (χ2v) is 27.1. The summed E-state index contributed by atoms with van der Waals surface area (Å²) in [5, 5.41) is 28.9. The molecule has 5 aliphatic rings. The summed E-state index contributed by atoms with van der Waals surface area (Å²) in [6.45, 7) is 23.4. The minimum absolute atomic E-state index is 0. The number of aliphatic hydroxyl groups is 2. The number of amides is 1. The molecule has 19 nitrogen and oxygen atoms in total. The highest BCUT2D eigenvalue weighted by Gasteiger charge is 2.40. The molecule has 2 atom stereocenters. The van der Waals surface area contributed by atoms with Crippen LogP contribution in [0.1, 0.15) is 172 Å². The van der Waals surface area contributed by atoms with Gasteiger partial charge in [-0.3, -0.25) is 37.7 Å². The van der Waals surface area contributed by atoms with Gasteiger partial charge in [-0.2, -0.15) is 0 Å². The largest absolute Gasteiger partial charge is 0.387 e. The first-order chi connectivity index (χ1) is 41.5. The Hall–Kier alpha value is -6.35. The standard InChI is InChI=1S/C21H22FN5O2.C14H15BrFN3O.C10H7BrClFN2O.C8H8BNO.C6H14O2.C4H9N.ClH/c1-4-27-19(29)11-5-6-13(22)15(17(11)25-20(27)26-21(3)7-8-21)14-9-12-16(24-14)10(2)23-18(12)28;1-3-19-12(20)8-4-5-9(16)10(15)11(8)17-13(19)18-14(2)6-7-14;1-2-15-9(16)5-3-4-6(13)7(11)8(5)14-10(15)12;1-4-2-6(11)5-3-7(9)10-8(4)5;1-5(2,7)6(3,4)8;1-4(5)2-3-4;/h5-6,9-10,24H,4,7-8H2,1-3H3,(H,23,28)(H,25,26);4-5H,3,6-7H2,1-2H3,(H,17,18);3-4H,2H2,1H3;3-4,10H,2H2,1H3;7-8H,1-4H3;2-3,5H2,1H3;1H/t10-;;;4-;;;/m1..0.../s1. The Morgan fingerprint density at radius 3 is 1.50 bits per heavy atom. The van der Waals surface area contributed by atoms with Crippen molar-refractivity contribution in [2.24, 2.45) is 5.73 Å². The highest BCUT2D eigenvalue weighted by atomic mass is 79.9. The smallest absolute Gasteiger partial charge is 0.262 e. The summed E-state index contributed by atoms with van der Waals surface area (Å²) in [4.78, 5) is 80.2. The summed E-state index contributed by atoms with van der Waals surface area (Å²) in [5.74, 6) is -0.0864. The molecule has 4 aliphatic carbocycles. The van der Waals surface area contributed by atoms with E-state index in [2.05, 4.69) is 93.5 Å². The van der Waals surface area contributed by atoms with Crippen LogP contribution in [0.3, 0.4) is 0 Å². The summed E-state index contributed by atoms with van der Waals surface area (Å²) < 4.78 is 46.8. The van der Waals surface area contributed by atoms with Gasteiger partial charge in [0.25, 0.3) is 22.6 Å². The zero-order valence-electron chi connectivity index (χ0n) is 52.3. The Labute approximate surface area is 548 Å². The number of Topliss-reactive ketones (excluding diaryl/α,β-unsaturated/α-hetero) is 1. The van der Waals surface area contributed by atoms with E-state index in [-0.39, 0.29) is 88.7 Å². The van der Waals surface area contributed by atoms with Crippen LogP contribution < -0.4 is 44.0 Å². The quantitative estimate of drug-likeness (QED) is 0.0494. The summed E-state index contributed by atoms with van der Waals surface area (Å²) in [6.07, 6.45) is 7.18. The third-order valence-electron chi connectivity index (χ3n) is 16.7. The molecule has 482 valence electrons. The Morgan fingerprint density at radius 1 is 0.667 bits per heavy atom. The maximum absolute atomic E-state index is 15.0. The summed E-state index contributed by atoms with van der Waals surface area (Å²) >= 11 is 12.1. The molecular weight excluding hydrogens is 1340 g/mol. The minimum atomic E-state index is -1.01. The molecule has 8 aromatic rings. The topological polar surface area (TPSA) is 273 Å². The number of aromatic nitrogens is 8. The van der Waals surface area contributed by atoms with E-state index < -0.39 is 28.7 Å². The minimum Gasteiger partial charge on any atom is -0.387 e. The molecule has 0 unspecified atom stereocenters. The van der Waals surface area contributed by atoms with E-state index in [9.17, 15) is 37.1 Å². The van der Waals surface area contributed by atoms with Crippen LogP contribution in [0, 0.1) is 17.5 Å². The number of nitrogens with two attached hydrogens (primary N) is 1. The van der Waals surface area contributed by atoms with E-state index in [0.29, 0.717) is 93.6 Å². The molecule has 2 radical (unpaired) electrons. The van der Waals surface area contributed by atoms with Gasteiger partial charge in [0.05, 0.1) is 81.4 Å². The van der Waals surface area contributed by atoms with E-state index >= 15 is 0 Å². The second-order valence-electron chi connectivity index (χ2n) is 25.2. The normalized spacial score (nSPS) is 17.5. The van der Waals surface area contributed by atoms with Gasteiger partial charge in [0, 0.05) is 59.8 Å². The number of nitrogens with zero attached hydrogens (tertiary/aromatic N) is 6. The molecule has 5 aromatic heterocycles. The maximum Gasteiger partial charge on any atom is 0.262 e. The predicted octanol–water partition coefficient (Wildman–Crippen LogP) is 11.5. The Bertz CT molecular complexity index is 4250. The molecule has 3 fully saturated rings. The number of halogens is 7. The Kier molecular flexibility index (Phi) is 21.4. The number of hydrogen-bond acceptors (Lipinski definition) is 13. The van der Waals surface area contributed by atoms with Crippen molar-refractivity contribution in [3.8, 4) is 11.3 Å². The molecule has 0 saturated heterocycles. The third-order valence-corrected chi connectivity index (χ3v) is 18.5. The van der Waals surface area contributed by atoms with Crippen LogP contribution in [0.4, 0.5) is 25.1 Å². The lowest BCUT2D eigenvalue weighted by molar-refractivity contribution is -0.107. The average Bonchev–Trinajstić information content (AvgIpc) is 1.53. The number of fused-ring (bicyclic) bond motifs is 5. The lowest BCUT2D eigenvalue weighted by Gasteiger charge is -2.31. The number of ketones is 1. The van der Waals surface area contributed by atoms with Gasteiger partial charge in [-0.1, -0.05) is 6.92 Å². The van der Waals surface area contributed by atoms with Gasteiger partial charge in [-0.15, -0.1) is 12.4 Å². The molecule has 27 heteroatoms. The van der Waals surface area contributed by atoms with Gasteiger partial charge < -0.3 is 41.9 Å². The fourth-order valence-electron chi connectivity index (χ4n) is 9.45. The SMILES string of the molecule is CC(C)(O)C(C)(C)O.CC1(N)CC1.CCn1c(Cl)nc2c(Br)c(F)ccc2c1=O.CCn1c(NC2(C)CC2)nc2c(-c3cc4c([nH]3)[C@@H](C)NC4=O)c(F)ccc2c1=O.CCn1c(NC2(C)CC2)nc2c(Br)c(F)ccc2c1=O.Cl.[B]c1cc2c([nH]1)[C@@H](C)CC2=O. The molecule has 13 rings (SSSR count). The molecule has 9 N–H and O–H groups in total. The van der Waals surface area contributed by atoms with E-state index in [1.165, 1.54) is 53.8 Å². The fraction of sp³-hybridized carbons (Fsp3) is 0.460. The number of benzene rings is 3. The first-order valence-electron chi connectivity index (χ1n) is 29.5. The summed E-state index contributed by atoms with van der Waals surface area (Å²) in [6, 6.07) is 11.3. The molecule has 90 heavy (non-hydrogen) atoms. The number of nitrogens with one attached hydrogen (secondary N) is 5. The van der Waals surface area contributed by atoms with Crippen molar-refractivity contribution >= 4 is 126 Å². The molecular formula is C63H76BBr2Cl2F3N12O7. The number of rotatable bonds is 9. The number of H-pyrrole nitrogens is 2. The van der Waals surface area contributed by atoms with Crippen LogP contribution in [0.2, 0.25) is 5.28 Å². The number of carbonyl (C=O) groups excluding carboxylic acids is 2. The highest BCUT2D eigenvalue weighted by Crippen LogP contribution is 2.40. The van der Waals surface area contributed by atoms with Crippen molar-refractivity contribution in [1.29, 1.82) is 0 Å². The van der Waals surface area contributed by atoms with Gasteiger partial charge in [0.15, 0.2) is 5.78 Å². The lowest BCUT2D eigenvalue weighted by atomic mass is 9.90. The highest BCUT2D eigenvalue weighted by molar-refractivity contribution is 9.11. The zero-order valence-corrected chi connectivity index (χ0v) is 57.0. The van der Waals surface area contributed by atoms with Crippen LogP contribution in [0.5, 0.6) is 0 Å². The van der Waals surface area contributed by atoms with E-state index in [4.69, 9.17) is 35.4 Å². The zero-order chi connectivity index (χ0) is 65.8. The monoisotopic (exact) mass is 1410 g/mol. The van der Waals surface area contributed by atoms with Crippen LogP contribution in [0.15, 0.2) is 71.9 Å². The first kappa shape index (κ1) is 71.1. The maximum atomic E-state index is 15.0. The Balaban J connectivity index is 0.000000166. The molecule has 0 bridgehead atoms. The number of aromatic amines is 2. The lowest BCUT2D eigenvalue weighted by Crippen LogP contribution is -2.44. The van der Waals surface area contributed by atoms with Crippen molar-refractivity contribution in [3.05, 3.63) is 134 Å². The van der Waals surface area contributed by atoms with Gasteiger partial charge in [0.1, 0.15) is 25.3 Å². The van der Waals surface area contributed by atoms with Crippen molar-refractivity contribution in [3.63, 3.8) is 0 Å². The van der Waals surface area contributed by atoms with Gasteiger partial charge in [0.2, 0.25) is 17.2 Å². The number of hydrogen-bond donors (Lipinski definition) is 8. The van der Waals surface area contributed by atoms with Gasteiger partial charge in [-0.25, -0.2) is 28.1 Å². The summed E-state index contributed by atoms with van der Waals surface area (Å²) in [5.41, 5.74) is 8.16. The third kappa shape index (κ3) is 15.6. The van der Waals surface area contributed by atoms with Crippen LogP contribution in [0.25, 0.3) is 44.0 Å². The van der Waals surface area contributed by atoms with E-state index in [1.807, 2.05) is 27.7 Å². The van der Waals surface area contributed by atoms with Crippen LogP contribution in [-0.4, -0.2) is 96.2 Å². The summed E-state index contributed by atoms with van der Waals surface area (Å²) in [7, 11) is 5.51. The van der Waals surface area contributed by atoms with E-state index in [1.54, 1.807) is 55.9 Å². The van der Waals surface area contributed by atoms with E-state index in [0.717, 1.165) is 36.9 Å². The molecule has 3 saturated carbocycles. The van der Waals surface area contributed by atoms with Crippen molar-refractivity contribution in [2.75, 3.05) is 10.6 Å². The van der Waals surface area contributed by atoms with Gasteiger partial charge >= 0.3 is 0 Å². The molecule has 0 spiro atoms. The number of anilines is 2. The van der Waals surface area contributed by atoms with Crippen molar-refractivity contribution in [1.82, 2.24) is 43.9 Å². The average molecular weight is 1410 g/mol. The van der Waals surface area contributed by atoms with Crippen LogP contribution in [-0.2, 0) is 19.6 Å². The second kappa shape index (κ2) is 27.1. The van der Waals surface area contributed by atoms with Crippen LogP contribution >= 0.6 is 55.9 Å². The van der Waals surface area contributed by atoms with Gasteiger partial charge in [-0.05, 0) is 212 Å². The molecule has 1 aliphatic heterocycles. The molecule has 3 aromatic carbocycles. The van der Waals surface area contributed by atoms with Crippen molar-refractivity contribution < 1.29 is 33.0 Å². The number of carbonyl (C=O) groups is 2. The fourth-order valence-corrected chi connectivity index (χ4v) is 10.6. The molecule has 1 amide bonds. The Morgan fingerprint density at radius 2 is 1.09 bits per heavy atom. The predicted molar refractivity (Wildman–Crippen MR) is 359 cm³/mol. The first-order valence-corrected chi connectivity index (χ1v) is 31.4. The molecule has 6 heterocycles. The van der Waals surface area contributed by atoms with Crippen molar-refractivity contribution in [2.45, 2.75) is 187 Å².